The number of piperidine rings is 1. The molecular weight excluding hydrogens is 460 g/mol. The number of benzene rings is 1. The third-order valence-electron chi connectivity index (χ3n) is 6.62. The molecule has 0 aliphatic carbocycles. The molecule has 0 saturated carbocycles. The van der Waals surface area contributed by atoms with Gasteiger partial charge in [-0.2, -0.15) is 17.0 Å². The summed E-state index contributed by atoms with van der Waals surface area (Å²) in [6, 6.07) is 9.38. The van der Waals surface area contributed by atoms with Gasteiger partial charge in [-0.25, -0.2) is 0 Å². The van der Waals surface area contributed by atoms with Crippen LogP contribution < -0.4 is 4.74 Å². The molecule has 3 heterocycles. The van der Waals surface area contributed by atoms with Gasteiger partial charge in [0.25, 0.3) is 10.2 Å². The van der Waals surface area contributed by atoms with Crippen LogP contribution >= 0.6 is 0 Å². The zero-order valence-corrected chi connectivity index (χ0v) is 20.3. The molecule has 3 aliphatic rings. The van der Waals surface area contributed by atoms with Gasteiger partial charge >= 0.3 is 0 Å². The molecule has 10 nitrogen and oxygen atoms in total. The first-order valence-electron chi connectivity index (χ1n) is 12.0. The van der Waals surface area contributed by atoms with Gasteiger partial charge in [-0.05, 0) is 25.0 Å². The average Bonchev–Trinajstić information content (AvgIpc) is 2.89. The van der Waals surface area contributed by atoms with E-state index in [2.05, 4.69) is 0 Å². The second-order valence-electron chi connectivity index (χ2n) is 8.83. The first kappa shape index (κ1) is 24.9. The number of hydrogen-bond donors (Lipinski definition) is 0. The quantitative estimate of drug-likeness (QED) is 0.545. The molecule has 0 aromatic heterocycles. The van der Waals surface area contributed by atoms with Crippen LogP contribution in [0.3, 0.4) is 0 Å². The smallest absolute Gasteiger partial charge is 0.282 e. The number of nitrogens with zero attached hydrogens (tertiary/aromatic N) is 4. The minimum atomic E-state index is -3.52. The summed E-state index contributed by atoms with van der Waals surface area (Å²) in [6.45, 7) is 4.24. The maximum atomic E-state index is 13.1. The van der Waals surface area contributed by atoms with Crippen LogP contribution in [0.15, 0.2) is 30.3 Å². The zero-order chi connectivity index (χ0) is 24.0. The second kappa shape index (κ2) is 11.5. The number of piperazine rings is 1. The normalized spacial score (nSPS) is 23.0. The van der Waals surface area contributed by atoms with Crippen molar-refractivity contribution in [2.45, 2.75) is 19.3 Å². The molecule has 2 amide bonds. The Hall–Kier alpha value is -2.21. The van der Waals surface area contributed by atoms with Crippen molar-refractivity contribution in [1.29, 1.82) is 0 Å². The Balaban J connectivity index is 1.23. The molecule has 0 radical (unpaired) electrons. The van der Waals surface area contributed by atoms with Crippen LogP contribution in [0.5, 0.6) is 5.75 Å². The van der Waals surface area contributed by atoms with Gasteiger partial charge in [0.2, 0.25) is 11.8 Å². The van der Waals surface area contributed by atoms with E-state index in [0.29, 0.717) is 59.1 Å². The number of carbonyl (C=O) groups is 2. The lowest BCUT2D eigenvalue weighted by atomic mass is 9.96. The third-order valence-corrected chi connectivity index (χ3v) is 8.66. The molecule has 3 aliphatic heterocycles. The molecule has 3 fully saturated rings. The SMILES string of the molecule is O=C(CCOc1ccccc1)N1CCCC(C(=O)N2CCN(S(=O)(=O)N3CCOCC3)CC2)C1. The van der Waals surface area contributed by atoms with Crippen molar-refractivity contribution in [2.24, 2.45) is 5.92 Å². The molecule has 0 N–H and O–H groups in total. The van der Waals surface area contributed by atoms with Gasteiger partial charge < -0.3 is 19.3 Å². The van der Waals surface area contributed by atoms with Crippen LogP contribution in [0.4, 0.5) is 0 Å². The molecule has 1 aromatic rings. The van der Waals surface area contributed by atoms with E-state index in [4.69, 9.17) is 9.47 Å². The number of rotatable bonds is 7. The van der Waals surface area contributed by atoms with Gasteiger partial charge in [0.15, 0.2) is 0 Å². The Morgan fingerprint density at radius 1 is 0.912 bits per heavy atom. The van der Waals surface area contributed by atoms with Crippen molar-refractivity contribution >= 4 is 22.0 Å². The molecule has 3 saturated heterocycles. The van der Waals surface area contributed by atoms with Crippen molar-refractivity contribution in [2.75, 3.05) is 72.2 Å². The van der Waals surface area contributed by atoms with Gasteiger partial charge in [-0.15, -0.1) is 0 Å². The highest BCUT2D eigenvalue weighted by Gasteiger charge is 2.37. The molecule has 11 heteroatoms. The van der Waals surface area contributed by atoms with E-state index in [1.807, 2.05) is 30.3 Å². The Bertz CT molecular complexity index is 930. The summed E-state index contributed by atoms with van der Waals surface area (Å²) >= 11 is 0. The van der Waals surface area contributed by atoms with Gasteiger partial charge in [-0.3, -0.25) is 9.59 Å². The van der Waals surface area contributed by atoms with Crippen LogP contribution in [0, 0.1) is 5.92 Å². The summed E-state index contributed by atoms with van der Waals surface area (Å²) in [7, 11) is -3.52. The highest BCUT2D eigenvalue weighted by molar-refractivity contribution is 7.86. The number of para-hydroxylation sites is 1. The molecular formula is C23H34N4O6S. The molecule has 34 heavy (non-hydrogen) atoms. The topological polar surface area (TPSA) is 99.7 Å². The molecule has 0 bridgehead atoms. The maximum absolute atomic E-state index is 13.1. The average molecular weight is 495 g/mol. The van der Waals surface area contributed by atoms with Crippen LogP contribution in [-0.4, -0.2) is 111 Å². The largest absolute Gasteiger partial charge is 0.493 e. The lowest BCUT2D eigenvalue weighted by Gasteiger charge is -2.40. The van der Waals surface area contributed by atoms with Gasteiger partial charge in [0.05, 0.1) is 32.2 Å². The number of morpholine rings is 1. The lowest BCUT2D eigenvalue weighted by molar-refractivity contribution is -0.142. The van der Waals surface area contributed by atoms with Crippen molar-refractivity contribution in [3.05, 3.63) is 30.3 Å². The first-order chi connectivity index (χ1) is 16.4. The summed E-state index contributed by atoms with van der Waals surface area (Å²) in [4.78, 5) is 29.3. The maximum Gasteiger partial charge on any atom is 0.282 e. The van der Waals surface area contributed by atoms with Gasteiger partial charge in [0.1, 0.15) is 5.75 Å². The van der Waals surface area contributed by atoms with Crippen LogP contribution in [0.25, 0.3) is 0 Å². The number of amides is 2. The predicted octanol–water partition coefficient (Wildman–Crippen LogP) is 0.415. The summed E-state index contributed by atoms with van der Waals surface area (Å²) in [5.74, 6) is 0.503. The Labute approximate surface area is 201 Å². The van der Waals surface area contributed by atoms with E-state index in [1.54, 1.807) is 9.80 Å². The zero-order valence-electron chi connectivity index (χ0n) is 19.5. The number of ether oxygens (including phenoxy) is 2. The predicted molar refractivity (Wildman–Crippen MR) is 125 cm³/mol. The monoisotopic (exact) mass is 494 g/mol. The van der Waals surface area contributed by atoms with Crippen molar-refractivity contribution in [3.8, 4) is 5.75 Å². The third kappa shape index (κ3) is 6.07. The van der Waals surface area contributed by atoms with E-state index < -0.39 is 10.2 Å². The number of likely N-dealkylation sites (tertiary alicyclic amines) is 1. The van der Waals surface area contributed by atoms with Crippen LogP contribution in [0.2, 0.25) is 0 Å². The Kier molecular flexibility index (Phi) is 8.41. The first-order valence-corrected chi connectivity index (χ1v) is 13.4. The molecule has 1 atom stereocenters. The number of hydrogen-bond acceptors (Lipinski definition) is 6. The van der Waals surface area contributed by atoms with E-state index in [9.17, 15) is 18.0 Å². The Morgan fingerprint density at radius 3 is 2.29 bits per heavy atom. The fraction of sp³-hybridized carbons (Fsp3) is 0.652. The molecule has 1 unspecified atom stereocenters. The van der Waals surface area contributed by atoms with Crippen molar-refractivity contribution < 1.29 is 27.5 Å². The minimum Gasteiger partial charge on any atom is -0.493 e. The van der Waals surface area contributed by atoms with Gasteiger partial charge in [-0.1, -0.05) is 18.2 Å². The summed E-state index contributed by atoms with van der Waals surface area (Å²) in [5.41, 5.74) is 0. The lowest BCUT2D eigenvalue weighted by Crippen LogP contribution is -2.57. The van der Waals surface area contributed by atoms with E-state index in [1.165, 1.54) is 8.61 Å². The fourth-order valence-corrected chi connectivity index (χ4v) is 6.24. The van der Waals surface area contributed by atoms with Crippen LogP contribution in [0.1, 0.15) is 19.3 Å². The fourth-order valence-electron chi connectivity index (χ4n) is 4.67. The van der Waals surface area contributed by atoms with Crippen molar-refractivity contribution in [3.63, 3.8) is 0 Å². The summed E-state index contributed by atoms with van der Waals surface area (Å²) < 4.78 is 39.5. The highest BCUT2D eigenvalue weighted by Crippen LogP contribution is 2.22. The van der Waals surface area contributed by atoms with Crippen LogP contribution in [-0.2, 0) is 24.5 Å². The molecule has 0 spiro atoms. The molecule has 188 valence electrons. The summed E-state index contributed by atoms with van der Waals surface area (Å²) in [5, 5.41) is 0. The van der Waals surface area contributed by atoms with E-state index in [-0.39, 0.29) is 37.2 Å². The van der Waals surface area contributed by atoms with E-state index in [0.717, 1.165) is 18.6 Å². The van der Waals surface area contributed by atoms with Crippen molar-refractivity contribution in [1.82, 2.24) is 18.4 Å². The highest BCUT2D eigenvalue weighted by atomic mass is 32.2. The molecule has 4 rings (SSSR count). The van der Waals surface area contributed by atoms with Gasteiger partial charge in [0, 0.05) is 52.4 Å². The van der Waals surface area contributed by atoms with E-state index >= 15 is 0 Å². The number of carbonyl (C=O) groups excluding carboxylic acids is 2. The summed E-state index contributed by atoms with van der Waals surface area (Å²) in [6.07, 6.45) is 1.80. The second-order valence-corrected chi connectivity index (χ2v) is 10.8. The molecule has 1 aromatic carbocycles. The standard InChI is InChI=1S/C23H34N4O6S/c28-22(8-16-33-21-6-2-1-3-7-21)25-9-4-5-20(19-25)23(29)24-10-12-26(13-11-24)34(30,31)27-14-17-32-18-15-27/h1-3,6-7,20H,4-5,8-19H2. The Morgan fingerprint density at radius 2 is 1.59 bits per heavy atom. The minimum absolute atomic E-state index is 0.00476.